The molecule has 0 radical (unpaired) electrons. The van der Waals surface area contributed by atoms with Gasteiger partial charge in [-0.25, -0.2) is 0 Å². The van der Waals surface area contributed by atoms with Crippen LogP contribution in [-0.4, -0.2) is 20.0 Å². The van der Waals surface area contributed by atoms with E-state index in [0.29, 0.717) is 5.78 Å². The summed E-state index contributed by atoms with van der Waals surface area (Å²) in [5.41, 5.74) is 0.803. The number of ether oxygens (including phenoxy) is 2. The lowest BCUT2D eigenvalue weighted by atomic mass is 9.65. The van der Waals surface area contributed by atoms with Gasteiger partial charge in [0, 0.05) is 22.8 Å². The lowest BCUT2D eigenvalue weighted by Crippen LogP contribution is -2.38. The highest BCUT2D eigenvalue weighted by molar-refractivity contribution is 5.88. The van der Waals surface area contributed by atoms with E-state index < -0.39 is 0 Å². The second-order valence-corrected chi connectivity index (χ2v) is 6.99. The fraction of sp³-hybridized carbons (Fsp3) is 0.550. The zero-order valence-electron chi connectivity index (χ0n) is 14.7. The zero-order valence-corrected chi connectivity index (χ0v) is 14.7. The predicted molar refractivity (Wildman–Crippen MR) is 93.2 cm³/mol. The third kappa shape index (κ3) is 3.60. The normalized spacial score (nSPS) is 21.6. The number of benzene rings is 1. The molecule has 3 nitrogen and oxygen atoms in total. The van der Waals surface area contributed by atoms with E-state index in [0.717, 1.165) is 42.7 Å². The summed E-state index contributed by atoms with van der Waals surface area (Å²) < 4.78 is 10.9. The van der Waals surface area contributed by atoms with Gasteiger partial charge in [0.25, 0.3) is 0 Å². The third-order valence-electron chi connectivity index (χ3n) is 5.06. The van der Waals surface area contributed by atoms with Crippen LogP contribution in [0.1, 0.15) is 51.0 Å². The molecular formula is C20H28O3. The molecule has 0 saturated heterocycles. The summed E-state index contributed by atoms with van der Waals surface area (Å²) in [6, 6.07) is 5.81. The molecule has 1 aromatic carbocycles. The highest BCUT2D eigenvalue weighted by atomic mass is 16.5. The number of hydrogen-bond acceptors (Lipinski definition) is 3. The summed E-state index contributed by atoms with van der Waals surface area (Å²) in [5, 5.41) is 0. The van der Waals surface area contributed by atoms with Crippen molar-refractivity contribution in [3.63, 3.8) is 0 Å². The topological polar surface area (TPSA) is 35.5 Å². The maximum Gasteiger partial charge on any atom is 0.142 e. The van der Waals surface area contributed by atoms with Gasteiger partial charge in [0.2, 0.25) is 0 Å². The van der Waals surface area contributed by atoms with Crippen LogP contribution in [0.5, 0.6) is 11.5 Å². The number of rotatable bonds is 6. The molecule has 1 aliphatic rings. The van der Waals surface area contributed by atoms with Crippen LogP contribution in [0, 0.1) is 11.3 Å². The molecule has 0 amide bonds. The molecule has 0 bridgehead atoms. The Labute approximate surface area is 139 Å². The number of carbonyl (C=O) groups is 1. The number of Topliss-reactive ketones (excluding diaryl/α,β-unsaturated/α-hetero) is 1. The highest BCUT2D eigenvalue weighted by Gasteiger charge is 2.41. The summed E-state index contributed by atoms with van der Waals surface area (Å²) in [6.45, 7) is 8.03. The van der Waals surface area contributed by atoms with Gasteiger partial charge in [-0.1, -0.05) is 26.3 Å². The van der Waals surface area contributed by atoms with Crippen molar-refractivity contribution in [2.24, 2.45) is 11.3 Å². The van der Waals surface area contributed by atoms with E-state index >= 15 is 0 Å². The molecule has 0 heterocycles. The van der Waals surface area contributed by atoms with Gasteiger partial charge in [0.15, 0.2) is 0 Å². The van der Waals surface area contributed by atoms with Crippen molar-refractivity contribution in [2.45, 2.75) is 45.4 Å². The SMILES string of the molecule is C=CC[C@H](c1cc(OC)ccc1OC)[C@H]1CCCC(C)(C)C1=O. The maximum atomic E-state index is 13.0. The molecule has 0 spiro atoms. The Kier molecular flexibility index (Phi) is 5.51. The Hall–Kier alpha value is -1.77. The van der Waals surface area contributed by atoms with Gasteiger partial charge >= 0.3 is 0 Å². The molecule has 2 atom stereocenters. The first-order valence-corrected chi connectivity index (χ1v) is 8.31. The fourth-order valence-corrected chi connectivity index (χ4v) is 3.72. The van der Waals surface area contributed by atoms with Crippen LogP contribution in [0.25, 0.3) is 0 Å². The Morgan fingerprint density at radius 1 is 1.35 bits per heavy atom. The van der Waals surface area contributed by atoms with E-state index in [-0.39, 0.29) is 17.3 Å². The Balaban J connectivity index is 2.46. The quantitative estimate of drug-likeness (QED) is 0.710. The van der Waals surface area contributed by atoms with Crippen molar-refractivity contribution in [2.75, 3.05) is 14.2 Å². The van der Waals surface area contributed by atoms with Gasteiger partial charge in [-0.3, -0.25) is 4.79 Å². The lowest BCUT2D eigenvalue weighted by Gasteiger charge is -2.38. The van der Waals surface area contributed by atoms with Gasteiger partial charge in [0.05, 0.1) is 14.2 Å². The predicted octanol–water partition coefficient (Wildman–Crippen LogP) is 4.76. The Bertz CT molecular complexity index is 574. The highest BCUT2D eigenvalue weighted by Crippen LogP contribution is 2.45. The Morgan fingerprint density at radius 2 is 2.09 bits per heavy atom. The molecule has 3 heteroatoms. The van der Waals surface area contributed by atoms with Crippen molar-refractivity contribution >= 4 is 5.78 Å². The monoisotopic (exact) mass is 316 g/mol. The number of carbonyl (C=O) groups excluding carboxylic acids is 1. The minimum Gasteiger partial charge on any atom is -0.497 e. The van der Waals surface area contributed by atoms with E-state index in [1.807, 2.05) is 24.3 Å². The summed E-state index contributed by atoms with van der Waals surface area (Å²) in [7, 11) is 3.33. The van der Waals surface area contributed by atoms with Gasteiger partial charge in [-0.2, -0.15) is 0 Å². The van der Waals surface area contributed by atoms with Crippen LogP contribution in [0.15, 0.2) is 30.9 Å². The van der Waals surface area contributed by atoms with Crippen LogP contribution in [0.3, 0.4) is 0 Å². The van der Waals surface area contributed by atoms with Gasteiger partial charge in [-0.05, 0) is 37.5 Å². The number of allylic oxidation sites excluding steroid dienone is 1. The second-order valence-electron chi connectivity index (χ2n) is 6.99. The molecule has 1 aliphatic carbocycles. The van der Waals surface area contributed by atoms with E-state index in [1.165, 1.54) is 0 Å². The maximum absolute atomic E-state index is 13.0. The molecule has 1 aromatic rings. The van der Waals surface area contributed by atoms with Crippen molar-refractivity contribution in [1.29, 1.82) is 0 Å². The van der Waals surface area contributed by atoms with Gasteiger partial charge in [-0.15, -0.1) is 6.58 Å². The molecule has 0 aromatic heterocycles. The van der Waals surface area contributed by atoms with Crippen LogP contribution in [0.2, 0.25) is 0 Å². The fourth-order valence-electron chi connectivity index (χ4n) is 3.72. The van der Waals surface area contributed by atoms with Crippen LogP contribution < -0.4 is 9.47 Å². The van der Waals surface area contributed by atoms with Crippen molar-refractivity contribution in [3.05, 3.63) is 36.4 Å². The summed E-state index contributed by atoms with van der Waals surface area (Å²) >= 11 is 0. The average molecular weight is 316 g/mol. The number of hydrogen-bond donors (Lipinski definition) is 0. The number of ketones is 1. The molecule has 0 aliphatic heterocycles. The van der Waals surface area contributed by atoms with E-state index in [9.17, 15) is 4.79 Å². The smallest absolute Gasteiger partial charge is 0.142 e. The van der Waals surface area contributed by atoms with Crippen LogP contribution in [-0.2, 0) is 4.79 Å². The average Bonchev–Trinajstić information content (AvgIpc) is 2.55. The van der Waals surface area contributed by atoms with Crippen molar-refractivity contribution in [3.8, 4) is 11.5 Å². The molecule has 1 fully saturated rings. The standard InChI is InChI=1S/C20H28O3/c1-6-8-15(16-9-7-12-20(2,3)19(16)21)17-13-14(22-4)10-11-18(17)23-5/h6,10-11,13,15-16H,1,7-9,12H2,2-5H3/t15-,16+/m0/s1. The summed E-state index contributed by atoms with van der Waals surface area (Å²) in [5.74, 6) is 2.06. The molecule has 0 N–H and O–H groups in total. The Morgan fingerprint density at radius 3 is 2.70 bits per heavy atom. The first-order chi connectivity index (χ1) is 10.9. The van der Waals surface area contributed by atoms with Crippen molar-refractivity contribution < 1.29 is 14.3 Å². The van der Waals surface area contributed by atoms with Crippen molar-refractivity contribution in [1.82, 2.24) is 0 Å². The largest absolute Gasteiger partial charge is 0.497 e. The number of methoxy groups -OCH3 is 2. The first-order valence-electron chi connectivity index (χ1n) is 8.31. The minimum absolute atomic E-state index is 0.0118. The van der Waals surface area contributed by atoms with Crippen LogP contribution >= 0.6 is 0 Å². The summed E-state index contributed by atoms with van der Waals surface area (Å²) in [4.78, 5) is 13.0. The van der Waals surface area contributed by atoms with E-state index in [4.69, 9.17) is 9.47 Å². The third-order valence-corrected chi connectivity index (χ3v) is 5.06. The molecule has 1 saturated carbocycles. The molecule has 0 unspecified atom stereocenters. The molecule has 2 rings (SSSR count). The zero-order chi connectivity index (χ0) is 17.0. The lowest BCUT2D eigenvalue weighted by molar-refractivity contribution is -0.135. The van der Waals surface area contributed by atoms with Crippen LogP contribution in [0.4, 0.5) is 0 Å². The molecule has 23 heavy (non-hydrogen) atoms. The second kappa shape index (κ2) is 7.20. The van der Waals surface area contributed by atoms with Gasteiger partial charge in [0.1, 0.15) is 17.3 Å². The van der Waals surface area contributed by atoms with Gasteiger partial charge < -0.3 is 9.47 Å². The first kappa shape index (κ1) is 17.6. The molecular weight excluding hydrogens is 288 g/mol. The van der Waals surface area contributed by atoms with E-state index in [1.54, 1.807) is 14.2 Å². The summed E-state index contributed by atoms with van der Waals surface area (Å²) in [6.07, 6.45) is 5.65. The van der Waals surface area contributed by atoms with E-state index in [2.05, 4.69) is 20.4 Å². The molecule has 126 valence electrons. The minimum atomic E-state index is -0.242.